The second kappa shape index (κ2) is 10.4. The van der Waals surface area contributed by atoms with Crippen molar-refractivity contribution in [3.8, 4) is 11.5 Å². The second-order valence-electron chi connectivity index (χ2n) is 11.0. The Morgan fingerprint density at radius 1 is 1.10 bits per heavy atom. The molecule has 1 N–H and O–H groups in total. The maximum atomic E-state index is 15.4. The minimum absolute atomic E-state index is 0.0889. The summed E-state index contributed by atoms with van der Waals surface area (Å²) in [6.45, 7) is 11.3. The van der Waals surface area contributed by atoms with Gasteiger partial charge in [-0.05, 0) is 62.7 Å². The first-order valence-corrected chi connectivity index (χ1v) is 13.6. The molecule has 214 valence electrons. The van der Waals surface area contributed by atoms with Crippen LogP contribution in [0, 0.1) is 12.7 Å². The number of halogens is 1. The Morgan fingerprint density at radius 2 is 1.93 bits per heavy atom. The van der Waals surface area contributed by atoms with Crippen LogP contribution in [0.3, 0.4) is 0 Å². The van der Waals surface area contributed by atoms with Gasteiger partial charge in [0.15, 0.2) is 5.82 Å². The van der Waals surface area contributed by atoms with Crippen molar-refractivity contribution in [2.75, 3.05) is 29.9 Å². The largest absolute Gasteiger partial charge is 0.457 e. The monoisotopic (exact) mass is 566 g/mol. The minimum Gasteiger partial charge on any atom is -0.457 e. The van der Waals surface area contributed by atoms with Crippen molar-refractivity contribution in [1.29, 1.82) is 0 Å². The summed E-state index contributed by atoms with van der Waals surface area (Å²) in [5.74, 6) is 1.49. The van der Waals surface area contributed by atoms with Gasteiger partial charge in [0.05, 0.1) is 34.1 Å². The van der Waals surface area contributed by atoms with Crippen LogP contribution in [0.15, 0.2) is 67.8 Å². The lowest BCUT2D eigenvalue weighted by Gasteiger charge is -2.47. The van der Waals surface area contributed by atoms with Crippen LogP contribution in [-0.4, -0.2) is 60.5 Å². The molecule has 0 unspecified atom stereocenters. The SMILES string of the molecule is C=CC(=O)N1CCN(c2ccc3ncnc(Nc4cc(C)c(Oc5ccc6c(c5)ncn6C)cc4F)c3n2)CC1(C)C. The number of anilines is 3. The fourth-order valence-electron chi connectivity index (χ4n) is 5.37. The molecular formula is C31H31FN8O2. The molecule has 1 fully saturated rings. The first kappa shape index (κ1) is 27.1. The molecule has 6 rings (SSSR count). The second-order valence-corrected chi connectivity index (χ2v) is 11.0. The van der Waals surface area contributed by atoms with Gasteiger partial charge in [-0.2, -0.15) is 0 Å². The Hall–Kier alpha value is -5.06. The molecule has 2 aromatic carbocycles. The predicted molar refractivity (Wildman–Crippen MR) is 161 cm³/mol. The Morgan fingerprint density at radius 3 is 2.71 bits per heavy atom. The zero-order valence-corrected chi connectivity index (χ0v) is 23.9. The van der Waals surface area contributed by atoms with Crippen LogP contribution in [0.4, 0.5) is 21.7 Å². The highest BCUT2D eigenvalue weighted by Gasteiger charge is 2.36. The Balaban J connectivity index is 1.26. The molecule has 10 nitrogen and oxygen atoms in total. The summed E-state index contributed by atoms with van der Waals surface area (Å²) in [4.78, 5) is 34.2. The number of aryl methyl sites for hydroxylation is 2. The van der Waals surface area contributed by atoms with Crippen LogP contribution in [0.1, 0.15) is 19.4 Å². The van der Waals surface area contributed by atoms with Crippen LogP contribution in [0.5, 0.6) is 11.5 Å². The summed E-state index contributed by atoms with van der Waals surface area (Å²) in [7, 11) is 1.92. The van der Waals surface area contributed by atoms with Crippen molar-refractivity contribution in [3.63, 3.8) is 0 Å². The van der Waals surface area contributed by atoms with Crippen molar-refractivity contribution in [2.24, 2.45) is 7.05 Å². The Kier molecular flexibility index (Phi) is 6.72. The highest BCUT2D eigenvalue weighted by Crippen LogP contribution is 2.33. The van der Waals surface area contributed by atoms with Crippen molar-refractivity contribution >= 4 is 45.3 Å². The lowest BCUT2D eigenvalue weighted by Crippen LogP contribution is -2.61. The van der Waals surface area contributed by atoms with Gasteiger partial charge in [-0.15, -0.1) is 0 Å². The molecule has 1 amide bonds. The van der Waals surface area contributed by atoms with E-state index in [-0.39, 0.29) is 11.6 Å². The van der Waals surface area contributed by atoms with E-state index < -0.39 is 11.4 Å². The highest BCUT2D eigenvalue weighted by atomic mass is 19.1. The molecule has 0 spiro atoms. The van der Waals surface area contributed by atoms with Gasteiger partial charge in [-0.3, -0.25) is 4.79 Å². The molecular weight excluding hydrogens is 535 g/mol. The summed E-state index contributed by atoms with van der Waals surface area (Å²) in [5.41, 5.74) is 3.47. The van der Waals surface area contributed by atoms with E-state index >= 15 is 4.39 Å². The number of carbonyl (C=O) groups excluding carboxylic acids is 1. The molecule has 0 bridgehead atoms. The van der Waals surface area contributed by atoms with Gasteiger partial charge in [-0.25, -0.2) is 24.3 Å². The normalized spacial score (nSPS) is 14.8. The third-order valence-corrected chi connectivity index (χ3v) is 7.58. The smallest absolute Gasteiger partial charge is 0.246 e. The van der Waals surface area contributed by atoms with Crippen molar-refractivity contribution in [3.05, 3.63) is 79.2 Å². The standard InChI is InChI=1S/C31H31FN8O2/c1-6-28(41)40-12-11-39(16-31(40,3)4)27-10-8-22-29(37-27)30(34-17-33-22)36-23-13-19(2)26(15-21(23)32)42-20-7-9-25-24(14-20)35-18-38(25)5/h6-10,13-15,17-18H,1,11-12,16H2,2-5H3,(H,33,34,36). The summed E-state index contributed by atoms with van der Waals surface area (Å²) < 4.78 is 23.3. The average Bonchev–Trinajstić information content (AvgIpc) is 3.34. The highest BCUT2D eigenvalue weighted by molar-refractivity contribution is 5.89. The first-order valence-electron chi connectivity index (χ1n) is 13.6. The zero-order valence-electron chi connectivity index (χ0n) is 23.9. The quantitative estimate of drug-likeness (QED) is 0.269. The van der Waals surface area contributed by atoms with E-state index in [0.29, 0.717) is 48.0 Å². The number of imidazole rings is 1. The predicted octanol–water partition coefficient (Wildman–Crippen LogP) is 5.51. The van der Waals surface area contributed by atoms with E-state index in [1.165, 1.54) is 18.5 Å². The summed E-state index contributed by atoms with van der Waals surface area (Å²) in [6, 6.07) is 12.4. The number of nitrogens with one attached hydrogen (secondary N) is 1. The van der Waals surface area contributed by atoms with Crippen molar-refractivity contribution in [1.82, 2.24) is 29.4 Å². The summed E-state index contributed by atoms with van der Waals surface area (Å²) >= 11 is 0. The lowest BCUT2D eigenvalue weighted by molar-refractivity contribution is -0.131. The van der Waals surface area contributed by atoms with Gasteiger partial charge in [0, 0.05) is 38.8 Å². The Labute approximate surface area is 242 Å². The number of rotatable bonds is 6. The number of amides is 1. The Bertz CT molecular complexity index is 1850. The number of carbonyl (C=O) groups is 1. The van der Waals surface area contributed by atoms with Crippen LogP contribution in [-0.2, 0) is 11.8 Å². The molecule has 0 saturated carbocycles. The van der Waals surface area contributed by atoms with Gasteiger partial charge >= 0.3 is 0 Å². The minimum atomic E-state index is -0.498. The third kappa shape index (κ3) is 4.98. The van der Waals surface area contributed by atoms with Crippen LogP contribution >= 0.6 is 0 Å². The number of fused-ring (bicyclic) bond motifs is 2. The number of nitrogens with zero attached hydrogens (tertiary/aromatic N) is 7. The molecule has 5 aromatic rings. The fourth-order valence-corrected chi connectivity index (χ4v) is 5.37. The van der Waals surface area contributed by atoms with Crippen molar-refractivity contribution < 1.29 is 13.9 Å². The number of benzene rings is 2. The average molecular weight is 567 g/mol. The van der Waals surface area contributed by atoms with E-state index in [4.69, 9.17) is 9.72 Å². The molecule has 1 aliphatic rings. The summed E-state index contributed by atoms with van der Waals surface area (Å²) in [5, 5.41) is 3.11. The first-order chi connectivity index (χ1) is 20.1. The van der Waals surface area contributed by atoms with E-state index in [1.807, 2.05) is 67.6 Å². The molecule has 4 heterocycles. The van der Waals surface area contributed by atoms with Crippen LogP contribution < -0.4 is 15.0 Å². The number of ether oxygens (including phenoxy) is 1. The molecule has 3 aromatic heterocycles. The van der Waals surface area contributed by atoms with E-state index in [0.717, 1.165) is 22.4 Å². The molecule has 1 aliphatic heterocycles. The maximum absolute atomic E-state index is 15.4. The van der Waals surface area contributed by atoms with Crippen LogP contribution in [0.25, 0.3) is 22.1 Å². The lowest BCUT2D eigenvalue weighted by atomic mass is 9.98. The van der Waals surface area contributed by atoms with Gasteiger partial charge in [0.1, 0.15) is 35.0 Å². The maximum Gasteiger partial charge on any atom is 0.246 e. The number of hydrogen-bond acceptors (Lipinski definition) is 8. The van der Waals surface area contributed by atoms with Gasteiger partial charge in [0.25, 0.3) is 0 Å². The molecule has 0 aliphatic carbocycles. The van der Waals surface area contributed by atoms with Gasteiger partial charge < -0.3 is 24.4 Å². The van der Waals surface area contributed by atoms with Crippen molar-refractivity contribution in [2.45, 2.75) is 26.3 Å². The van der Waals surface area contributed by atoms with Gasteiger partial charge in [0.2, 0.25) is 5.91 Å². The topological polar surface area (TPSA) is 101 Å². The van der Waals surface area contributed by atoms with Gasteiger partial charge in [-0.1, -0.05) is 6.58 Å². The zero-order chi connectivity index (χ0) is 29.6. The molecule has 0 atom stereocenters. The van der Waals surface area contributed by atoms with E-state index in [1.54, 1.807) is 12.4 Å². The molecule has 11 heteroatoms. The number of piperazine rings is 1. The van der Waals surface area contributed by atoms with E-state index in [2.05, 4.69) is 31.7 Å². The fraction of sp³-hybridized carbons (Fsp3) is 0.258. The number of pyridine rings is 1. The molecule has 0 radical (unpaired) electrons. The number of aromatic nitrogens is 5. The number of hydrogen-bond donors (Lipinski definition) is 1. The summed E-state index contributed by atoms with van der Waals surface area (Å²) in [6.07, 6.45) is 4.51. The molecule has 42 heavy (non-hydrogen) atoms. The molecule has 1 saturated heterocycles. The van der Waals surface area contributed by atoms with E-state index in [9.17, 15) is 4.79 Å². The third-order valence-electron chi connectivity index (χ3n) is 7.58. The van der Waals surface area contributed by atoms with Crippen LogP contribution in [0.2, 0.25) is 0 Å².